The summed E-state index contributed by atoms with van der Waals surface area (Å²) in [6, 6.07) is 10.4. The molecular formula is C14H13ClN2O3S. The monoisotopic (exact) mass is 324 g/mol. The second-order valence-corrected chi connectivity index (χ2v) is 6.01. The second kappa shape index (κ2) is 7.10. The van der Waals surface area contributed by atoms with E-state index < -0.39 is 18.0 Å². The number of thiophene rings is 1. The predicted molar refractivity (Wildman–Crippen MR) is 81.5 cm³/mol. The van der Waals surface area contributed by atoms with Crippen LogP contribution in [0.5, 0.6) is 0 Å². The quantitative estimate of drug-likeness (QED) is 0.791. The molecule has 0 bridgehead atoms. The highest BCUT2D eigenvalue weighted by atomic mass is 35.5. The topological polar surface area (TPSA) is 78.4 Å². The largest absolute Gasteiger partial charge is 0.479 e. The fraction of sp³-hybridized carbons (Fsp3) is 0.143. The van der Waals surface area contributed by atoms with Gasteiger partial charge in [0, 0.05) is 4.88 Å². The molecule has 0 radical (unpaired) electrons. The number of carbonyl (C=O) groups is 2. The SMILES string of the molecule is O=C(NCc1ccc(Cl)s1)N[C@H](C(=O)O)c1ccccc1. The maximum absolute atomic E-state index is 11.8. The van der Waals surface area contributed by atoms with Crippen molar-refractivity contribution in [3.8, 4) is 0 Å². The van der Waals surface area contributed by atoms with Crippen LogP contribution in [-0.2, 0) is 11.3 Å². The van der Waals surface area contributed by atoms with E-state index in [0.717, 1.165) is 4.88 Å². The minimum Gasteiger partial charge on any atom is -0.479 e. The molecule has 2 aromatic rings. The van der Waals surface area contributed by atoms with Gasteiger partial charge in [-0.2, -0.15) is 0 Å². The molecule has 7 heteroatoms. The van der Waals surface area contributed by atoms with Crippen molar-refractivity contribution in [1.82, 2.24) is 10.6 Å². The molecular weight excluding hydrogens is 312 g/mol. The van der Waals surface area contributed by atoms with Crippen molar-refractivity contribution in [1.29, 1.82) is 0 Å². The molecule has 0 saturated carbocycles. The summed E-state index contributed by atoms with van der Waals surface area (Å²) in [5.41, 5.74) is 0.513. The zero-order chi connectivity index (χ0) is 15.2. The van der Waals surface area contributed by atoms with Crippen molar-refractivity contribution in [3.63, 3.8) is 0 Å². The number of carbonyl (C=O) groups excluding carboxylic acids is 1. The van der Waals surface area contributed by atoms with Crippen molar-refractivity contribution < 1.29 is 14.7 Å². The first-order valence-electron chi connectivity index (χ1n) is 6.12. The van der Waals surface area contributed by atoms with Crippen molar-refractivity contribution in [2.45, 2.75) is 12.6 Å². The number of hydrogen-bond donors (Lipinski definition) is 3. The smallest absolute Gasteiger partial charge is 0.330 e. The normalized spacial score (nSPS) is 11.7. The van der Waals surface area contributed by atoms with Gasteiger partial charge in [0.15, 0.2) is 6.04 Å². The summed E-state index contributed by atoms with van der Waals surface area (Å²) in [5.74, 6) is -1.12. The second-order valence-electron chi connectivity index (χ2n) is 4.21. The van der Waals surface area contributed by atoms with Crippen LogP contribution in [0.3, 0.4) is 0 Å². The first-order valence-corrected chi connectivity index (χ1v) is 7.32. The van der Waals surface area contributed by atoms with Gasteiger partial charge < -0.3 is 15.7 Å². The van der Waals surface area contributed by atoms with Crippen LogP contribution in [0, 0.1) is 0 Å². The van der Waals surface area contributed by atoms with Crippen molar-refractivity contribution in [2.75, 3.05) is 0 Å². The summed E-state index contributed by atoms with van der Waals surface area (Å²) in [5, 5.41) is 14.2. The van der Waals surface area contributed by atoms with Gasteiger partial charge in [-0.05, 0) is 17.7 Å². The minimum atomic E-state index is -1.12. The Kier molecular flexibility index (Phi) is 5.19. The Hall–Kier alpha value is -2.05. The average Bonchev–Trinajstić information content (AvgIpc) is 2.89. The maximum Gasteiger partial charge on any atom is 0.330 e. The molecule has 1 heterocycles. The molecule has 0 aliphatic heterocycles. The number of carboxylic acid groups (broad SMARTS) is 1. The van der Waals surface area contributed by atoms with Crippen LogP contribution in [0.4, 0.5) is 4.79 Å². The summed E-state index contributed by atoms with van der Waals surface area (Å²) in [6.07, 6.45) is 0. The van der Waals surface area contributed by atoms with Crippen LogP contribution in [-0.4, -0.2) is 17.1 Å². The zero-order valence-corrected chi connectivity index (χ0v) is 12.4. The van der Waals surface area contributed by atoms with Crippen LogP contribution >= 0.6 is 22.9 Å². The van der Waals surface area contributed by atoms with Gasteiger partial charge in [-0.1, -0.05) is 41.9 Å². The van der Waals surface area contributed by atoms with Crippen LogP contribution in [0.2, 0.25) is 4.34 Å². The number of benzene rings is 1. The van der Waals surface area contributed by atoms with Crippen molar-refractivity contribution >= 4 is 34.9 Å². The minimum absolute atomic E-state index is 0.296. The standard InChI is InChI=1S/C14H13ClN2O3S/c15-11-7-6-10(21-11)8-16-14(20)17-12(13(18)19)9-4-2-1-3-5-9/h1-7,12H,8H2,(H,18,19)(H2,16,17,20)/t12-/m0/s1. The molecule has 2 amide bonds. The lowest BCUT2D eigenvalue weighted by Gasteiger charge is -2.15. The molecule has 110 valence electrons. The lowest BCUT2D eigenvalue weighted by molar-refractivity contribution is -0.139. The first kappa shape index (κ1) is 15.3. The Labute approximate surface area is 130 Å². The van der Waals surface area contributed by atoms with Gasteiger partial charge in [-0.3, -0.25) is 0 Å². The number of nitrogens with one attached hydrogen (secondary N) is 2. The Morgan fingerprint density at radius 1 is 1.19 bits per heavy atom. The number of amides is 2. The first-order chi connectivity index (χ1) is 10.1. The highest BCUT2D eigenvalue weighted by Gasteiger charge is 2.21. The Balaban J connectivity index is 1.94. The highest BCUT2D eigenvalue weighted by Crippen LogP contribution is 2.21. The summed E-state index contributed by atoms with van der Waals surface area (Å²) >= 11 is 7.15. The van der Waals surface area contributed by atoms with E-state index in [9.17, 15) is 14.7 Å². The fourth-order valence-corrected chi connectivity index (χ4v) is 2.76. The van der Waals surface area contributed by atoms with E-state index in [2.05, 4.69) is 10.6 Å². The number of halogens is 1. The summed E-state index contributed by atoms with van der Waals surface area (Å²) in [7, 11) is 0. The molecule has 1 aromatic heterocycles. The predicted octanol–water partition coefficient (Wildman–Crippen LogP) is 3.03. The number of urea groups is 1. The third kappa shape index (κ3) is 4.47. The molecule has 0 saturated heterocycles. The fourth-order valence-electron chi connectivity index (χ4n) is 1.73. The number of hydrogen-bond acceptors (Lipinski definition) is 3. The lowest BCUT2D eigenvalue weighted by Crippen LogP contribution is -2.40. The maximum atomic E-state index is 11.8. The zero-order valence-electron chi connectivity index (χ0n) is 10.9. The van der Waals surface area contributed by atoms with Crippen LogP contribution in [0.15, 0.2) is 42.5 Å². The molecule has 0 aliphatic rings. The highest BCUT2D eigenvalue weighted by molar-refractivity contribution is 7.16. The Morgan fingerprint density at radius 3 is 2.48 bits per heavy atom. The van der Waals surface area contributed by atoms with E-state index in [1.165, 1.54) is 11.3 Å². The third-order valence-electron chi connectivity index (χ3n) is 2.71. The molecule has 21 heavy (non-hydrogen) atoms. The molecule has 3 N–H and O–H groups in total. The molecule has 0 unspecified atom stereocenters. The van der Waals surface area contributed by atoms with Gasteiger partial charge in [-0.15, -0.1) is 11.3 Å². The Bertz CT molecular complexity index is 630. The van der Waals surface area contributed by atoms with E-state index in [1.807, 2.05) is 0 Å². The van der Waals surface area contributed by atoms with Gasteiger partial charge in [-0.25, -0.2) is 9.59 Å². The van der Waals surface area contributed by atoms with E-state index in [0.29, 0.717) is 16.4 Å². The molecule has 5 nitrogen and oxygen atoms in total. The summed E-state index contributed by atoms with van der Waals surface area (Å²) in [6.45, 7) is 0.296. The molecule has 2 rings (SSSR count). The average molecular weight is 325 g/mol. The molecule has 0 fully saturated rings. The number of rotatable bonds is 5. The summed E-state index contributed by atoms with van der Waals surface area (Å²) < 4.78 is 0.639. The van der Waals surface area contributed by atoms with E-state index in [1.54, 1.807) is 42.5 Å². The molecule has 1 atom stereocenters. The molecule has 0 spiro atoms. The van der Waals surface area contributed by atoms with Crippen LogP contribution in [0.25, 0.3) is 0 Å². The van der Waals surface area contributed by atoms with E-state index in [-0.39, 0.29) is 0 Å². The van der Waals surface area contributed by atoms with Crippen molar-refractivity contribution in [3.05, 3.63) is 57.2 Å². The van der Waals surface area contributed by atoms with E-state index in [4.69, 9.17) is 11.6 Å². The van der Waals surface area contributed by atoms with Gasteiger partial charge in [0.05, 0.1) is 10.9 Å². The van der Waals surface area contributed by atoms with Gasteiger partial charge in [0.2, 0.25) is 0 Å². The molecule has 0 aliphatic carbocycles. The number of aliphatic carboxylic acids is 1. The van der Waals surface area contributed by atoms with Crippen molar-refractivity contribution in [2.24, 2.45) is 0 Å². The third-order valence-corrected chi connectivity index (χ3v) is 3.94. The Morgan fingerprint density at radius 2 is 1.90 bits per heavy atom. The van der Waals surface area contributed by atoms with Crippen LogP contribution in [0.1, 0.15) is 16.5 Å². The van der Waals surface area contributed by atoms with Gasteiger partial charge >= 0.3 is 12.0 Å². The van der Waals surface area contributed by atoms with Gasteiger partial charge in [0.25, 0.3) is 0 Å². The lowest BCUT2D eigenvalue weighted by atomic mass is 10.1. The van der Waals surface area contributed by atoms with Crippen LogP contribution < -0.4 is 10.6 Å². The molecule has 1 aromatic carbocycles. The van der Waals surface area contributed by atoms with Gasteiger partial charge in [0.1, 0.15) is 0 Å². The van der Waals surface area contributed by atoms with E-state index >= 15 is 0 Å². The number of carboxylic acids is 1. The summed E-state index contributed by atoms with van der Waals surface area (Å²) in [4.78, 5) is 23.9.